The average Bonchev–Trinajstić information content (AvgIpc) is 2.98. The molecule has 0 aliphatic carbocycles. The summed E-state index contributed by atoms with van der Waals surface area (Å²) in [6.45, 7) is 6.49. The fourth-order valence-corrected chi connectivity index (χ4v) is 4.20. The molecule has 1 aromatic carbocycles. The van der Waals surface area contributed by atoms with Gasteiger partial charge in [-0.3, -0.25) is 9.69 Å². The van der Waals surface area contributed by atoms with Crippen molar-refractivity contribution in [2.24, 2.45) is 0 Å². The lowest BCUT2D eigenvalue weighted by molar-refractivity contribution is -0.000938. The first-order valence-corrected chi connectivity index (χ1v) is 8.79. The lowest BCUT2D eigenvalue weighted by atomic mass is 9.84. The van der Waals surface area contributed by atoms with Crippen molar-refractivity contribution in [3.8, 4) is 0 Å². The molecule has 0 atom stereocenters. The van der Waals surface area contributed by atoms with Crippen molar-refractivity contribution in [3.05, 3.63) is 35.6 Å². The Balaban J connectivity index is 1.64. The zero-order valence-electron chi connectivity index (χ0n) is 14.5. The molecule has 1 amide bonds. The van der Waals surface area contributed by atoms with E-state index in [9.17, 15) is 4.79 Å². The monoisotopic (exact) mass is 327 g/mol. The molecule has 0 saturated carbocycles. The van der Waals surface area contributed by atoms with Gasteiger partial charge in [0.05, 0.1) is 5.56 Å². The number of aryl methyl sites for hydroxylation is 1. The van der Waals surface area contributed by atoms with Crippen molar-refractivity contribution in [3.63, 3.8) is 0 Å². The molecular weight excluding hydrogens is 302 g/mol. The number of amides is 1. The Kier molecular flexibility index (Phi) is 3.85. The van der Waals surface area contributed by atoms with Crippen LogP contribution in [0.15, 0.2) is 28.7 Å². The Labute approximate surface area is 142 Å². The van der Waals surface area contributed by atoms with Gasteiger partial charge < -0.3 is 14.6 Å². The SMILES string of the molecule is Cc1cc2cccc(C(=O)N3CCN(C)C4(CCNCC4)C3)c2o1. The average molecular weight is 327 g/mol. The van der Waals surface area contributed by atoms with E-state index in [1.54, 1.807) is 0 Å². The number of benzene rings is 1. The second kappa shape index (κ2) is 5.90. The molecule has 2 aliphatic heterocycles. The number of para-hydroxylation sites is 1. The molecule has 2 aliphatic rings. The zero-order valence-corrected chi connectivity index (χ0v) is 14.5. The predicted molar refractivity (Wildman–Crippen MR) is 94.3 cm³/mol. The topological polar surface area (TPSA) is 48.7 Å². The summed E-state index contributed by atoms with van der Waals surface area (Å²) < 4.78 is 5.80. The summed E-state index contributed by atoms with van der Waals surface area (Å²) in [5, 5.41) is 4.44. The number of carbonyl (C=O) groups is 1. The first-order valence-electron chi connectivity index (χ1n) is 8.79. The van der Waals surface area contributed by atoms with Crippen molar-refractivity contribution in [1.29, 1.82) is 0 Å². The molecule has 3 heterocycles. The van der Waals surface area contributed by atoms with Gasteiger partial charge in [-0.15, -0.1) is 0 Å². The van der Waals surface area contributed by atoms with Gasteiger partial charge in [-0.05, 0) is 52.0 Å². The minimum absolute atomic E-state index is 0.0981. The van der Waals surface area contributed by atoms with Crippen LogP contribution in [0.2, 0.25) is 0 Å². The van der Waals surface area contributed by atoms with Crippen LogP contribution in [0.1, 0.15) is 29.0 Å². The highest BCUT2D eigenvalue weighted by atomic mass is 16.3. The molecule has 2 aromatic rings. The van der Waals surface area contributed by atoms with Crippen LogP contribution in [0, 0.1) is 6.92 Å². The summed E-state index contributed by atoms with van der Waals surface area (Å²) in [5.74, 6) is 0.944. The number of piperidine rings is 1. The van der Waals surface area contributed by atoms with Crippen molar-refractivity contribution in [2.75, 3.05) is 39.8 Å². The number of hydrogen-bond donors (Lipinski definition) is 1. The largest absolute Gasteiger partial charge is 0.461 e. The fraction of sp³-hybridized carbons (Fsp3) is 0.526. The number of likely N-dealkylation sites (N-methyl/N-ethyl adjacent to an activating group) is 1. The highest BCUT2D eigenvalue weighted by Crippen LogP contribution is 2.31. The number of rotatable bonds is 1. The number of piperazine rings is 1. The van der Waals surface area contributed by atoms with Crippen LogP contribution in [-0.2, 0) is 0 Å². The lowest BCUT2D eigenvalue weighted by Crippen LogP contribution is -2.64. The van der Waals surface area contributed by atoms with Crippen LogP contribution in [0.5, 0.6) is 0 Å². The first kappa shape index (κ1) is 15.7. The molecule has 0 radical (unpaired) electrons. The van der Waals surface area contributed by atoms with E-state index in [2.05, 4.69) is 17.3 Å². The Morgan fingerprint density at radius 2 is 2.04 bits per heavy atom. The minimum atomic E-state index is 0.0981. The predicted octanol–water partition coefficient (Wildman–Crippen LogP) is 2.25. The summed E-state index contributed by atoms with van der Waals surface area (Å²) in [4.78, 5) is 17.7. The maximum Gasteiger partial charge on any atom is 0.257 e. The smallest absolute Gasteiger partial charge is 0.257 e. The molecule has 1 aromatic heterocycles. The van der Waals surface area contributed by atoms with E-state index in [-0.39, 0.29) is 11.4 Å². The fourth-order valence-electron chi connectivity index (χ4n) is 4.20. The summed E-state index contributed by atoms with van der Waals surface area (Å²) >= 11 is 0. The molecule has 2 saturated heterocycles. The highest BCUT2D eigenvalue weighted by molar-refractivity contribution is 6.05. The molecule has 0 unspecified atom stereocenters. The molecule has 4 rings (SSSR count). The number of carbonyl (C=O) groups excluding carboxylic acids is 1. The lowest BCUT2D eigenvalue weighted by Gasteiger charge is -2.51. The molecule has 0 bridgehead atoms. The zero-order chi connectivity index (χ0) is 16.7. The number of nitrogens with zero attached hydrogens (tertiary/aromatic N) is 2. The molecule has 1 N–H and O–H groups in total. The van der Waals surface area contributed by atoms with Crippen LogP contribution in [0.25, 0.3) is 11.0 Å². The van der Waals surface area contributed by atoms with E-state index >= 15 is 0 Å². The van der Waals surface area contributed by atoms with E-state index in [0.717, 1.165) is 62.3 Å². The Morgan fingerprint density at radius 3 is 2.83 bits per heavy atom. The van der Waals surface area contributed by atoms with Crippen molar-refractivity contribution in [2.45, 2.75) is 25.3 Å². The molecule has 128 valence electrons. The van der Waals surface area contributed by atoms with E-state index in [1.807, 2.05) is 36.1 Å². The maximum absolute atomic E-state index is 13.2. The van der Waals surface area contributed by atoms with Crippen LogP contribution in [0.4, 0.5) is 0 Å². The summed E-state index contributed by atoms with van der Waals surface area (Å²) in [5.41, 5.74) is 1.53. The van der Waals surface area contributed by atoms with Crippen LogP contribution in [-0.4, -0.2) is 61.0 Å². The third-order valence-corrected chi connectivity index (χ3v) is 5.72. The minimum Gasteiger partial charge on any atom is -0.461 e. The van der Waals surface area contributed by atoms with E-state index < -0.39 is 0 Å². The number of furan rings is 1. The van der Waals surface area contributed by atoms with E-state index in [0.29, 0.717) is 5.56 Å². The third kappa shape index (κ3) is 2.52. The quantitative estimate of drug-likeness (QED) is 0.873. The summed E-state index contributed by atoms with van der Waals surface area (Å²) in [7, 11) is 2.20. The van der Waals surface area contributed by atoms with Gasteiger partial charge >= 0.3 is 0 Å². The first-order chi connectivity index (χ1) is 11.6. The van der Waals surface area contributed by atoms with Gasteiger partial charge in [0.15, 0.2) is 0 Å². The summed E-state index contributed by atoms with van der Waals surface area (Å²) in [6.07, 6.45) is 2.19. The van der Waals surface area contributed by atoms with Gasteiger partial charge in [-0.2, -0.15) is 0 Å². The van der Waals surface area contributed by atoms with Crippen LogP contribution in [0.3, 0.4) is 0 Å². The van der Waals surface area contributed by atoms with Crippen LogP contribution >= 0.6 is 0 Å². The number of nitrogens with one attached hydrogen (secondary N) is 1. The Morgan fingerprint density at radius 1 is 1.25 bits per heavy atom. The van der Waals surface area contributed by atoms with Crippen molar-refractivity contribution < 1.29 is 9.21 Å². The van der Waals surface area contributed by atoms with Gasteiger partial charge in [0.25, 0.3) is 5.91 Å². The van der Waals surface area contributed by atoms with Gasteiger partial charge in [-0.1, -0.05) is 12.1 Å². The van der Waals surface area contributed by atoms with Gasteiger partial charge in [0.2, 0.25) is 0 Å². The molecule has 24 heavy (non-hydrogen) atoms. The van der Waals surface area contributed by atoms with E-state index in [1.165, 1.54) is 0 Å². The second-order valence-corrected chi connectivity index (χ2v) is 7.20. The Bertz CT molecular complexity index is 761. The van der Waals surface area contributed by atoms with Gasteiger partial charge in [-0.25, -0.2) is 0 Å². The normalized spacial score (nSPS) is 21.5. The van der Waals surface area contributed by atoms with Crippen molar-refractivity contribution >= 4 is 16.9 Å². The molecular formula is C19H25N3O2. The second-order valence-electron chi connectivity index (χ2n) is 7.20. The van der Waals surface area contributed by atoms with E-state index in [4.69, 9.17) is 4.42 Å². The molecule has 5 heteroatoms. The summed E-state index contributed by atoms with van der Waals surface area (Å²) in [6, 6.07) is 7.83. The maximum atomic E-state index is 13.2. The van der Waals surface area contributed by atoms with Crippen LogP contribution < -0.4 is 5.32 Å². The molecule has 5 nitrogen and oxygen atoms in total. The standard InChI is InChI=1S/C19H25N3O2/c1-14-12-15-4-3-5-16(17(15)24-14)18(23)22-11-10-21(2)19(13-22)6-8-20-9-7-19/h3-5,12,20H,6-11,13H2,1-2H3. The van der Waals surface area contributed by atoms with Crippen molar-refractivity contribution in [1.82, 2.24) is 15.1 Å². The number of hydrogen-bond acceptors (Lipinski definition) is 4. The Hall–Kier alpha value is -1.85. The molecule has 1 spiro atoms. The highest BCUT2D eigenvalue weighted by Gasteiger charge is 2.42. The third-order valence-electron chi connectivity index (χ3n) is 5.72. The number of fused-ring (bicyclic) bond motifs is 1. The molecule has 2 fully saturated rings. The van der Waals surface area contributed by atoms with Gasteiger partial charge in [0.1, 0.15) is 11.3 Å². The van der Waals surface area contributed by atoms with Gasteiger partial charge in [0, 0.05) is 30.6 Å².